The minimum Gasteiger partial charge on any atom is -0.467 e. The smallest absolute Gasteiger partial charge is 0.330 e. The third kappa shape index (κ3) is 5.00. The van der Waals surface area contributed by atoms with Crippen LogP contribution in [-0.2, 0) is 9.53 Å². The number of ether oxygens (including phenoxy) is 1. The SMILES string of the molecule is COC(=O)[C@@H]1CN(C(=O)N(c2ccccc2)c2ccccc2)CCN1C(=O)N1c2ccccc2C(=O)N(C)c2ccccc21. The summed E-state index contributed by atoms with van der Waals surface area (Å²) in [5.41, 5.74) is 3.14. The van der Waals surface area contributed by atoms with E-state index in [4.69, 9.17) is 4.74 Å². The van der Waals surface area contributed by atoms with Crippen molar-refractivity contribution in [3.8, 4) is 0 Å². The lowest BCUT2D eigenvalue weighted by Gasteiger charge is -2.43. The van der Waals surface area contributed by atoms with Crippen molar-refractivity contribution in [2.24, 2.45) is 0 Å². The van der Waals surface area contributed by atoms with Gasteiger partial charge in [0, 0.05) is 20.1 Å². The summed E-state index contributed by atoms with van der Waals surface area (Å²) >= 11 is 0. The number of piperazine rings is 1. The molecule has 10 nitrogen and oxygen atoms in total. The van der Waals surface area contributed by atoms with Gasteiger partial charge in [0.2, 0.25) is 0 Å². The maximum absolute atomic E-state index is 14.5. The Bertz CT molecular complexity index is 1670. The second-order valence-electron chi connectivity index (χ2n) is 10.5. The van der Waals surface area contributed by atoms with Gasteiger partial charge in [-0.15, -0.1) is 0 Å². The summed E-state index contributed by atoms with van der Waals surface area (Å²) in [6.07, 6.45) is 0. The van der Waals surface area contributed by atoms with Gasteiger partial charge in [0.25, 0.3) is 5.91 Å². The second kappa shape index (κ2) is 11.9. The first kappa shape index (κ1) is 28.5. The van der Waals surface area contributed by atoms with Gasteiger partial charge in [-0.25, -0.2) is 14.4 Å². The van der Waals surface area contributed by atoms with E-state index in [9.17, 15) is 19.2 Å². The minimum atomic E-state index is -1.09. The number of carbonyl (C=O) groups is 4. The molecule has 0 N–H and O–H groups in total. The molecule has 1 saturated heterocycles. The Labute approximate surface area is 255 Å². The maximum Gasteiger partial charge on any atom is 0.330 e. The molecule has 0 bridgehead atoms. The molecular weight excluding hydrogens is 558 g/mol. The van der Waals surface area contributed by atoms with Crippen molar-refractivity contribution in [3.63, 3.8) is 0 Å². The zero-order chi connectivity index (χ0) is 30.8. The number of hydrogen-bond acceptors (Lipinski definition) is 5. The first-order chi connectivity index (χ1) is 21.4. The van der Waals surface area contributed by atoms with Crippen LogP contribution < -0.4 is 14.7 Å². The van der Waals surface area contributed by atoms with Crippen LogP contribution in [0.15, 0.2) is 109 Å². The van der Waals surface area contributed by atoms with Crippen LogP contribution in [0.5, 0.6) is 0 Å². The molecular formula is C34H31N5O5. The fraction of sp³-hybridized carbons (Fsp3) is 0.176. The fourth-order valence-corrected chi connectivity index (χ4v) is 5.73. The van der Waals surface area contributed by atoms with Crippen LogP contribution in [0, 0.1) is 0 Å². The number of nitrogens with zero attached hydrogens (tertiary/aromatic N) is 5. The van der Waals surface area contributed by atoms with Crippen LogP contribution in [0.3, 0.4) is 0 Å². The van der Waals surface area contributed by atoms with Gasteiger partial charge < -0.3 is 19.4 Å². The Balaban J connectivity index is 1.36. The Morgan fingerprint density at radius 2 is 1.27 bits per heavy atom. The molecule has 0 spiro atoms. The highest BCUT2D eigenvalue weighted by Gasteiger charge is 2.43. The predicted octanol–water partition coefficient (Wildman–Crippen LogP) is 5.65. The molecule has 5 amide bonds. The molecule has 2 aliphatic rings. The van der Waals surface area contributed by atoms with E-state index in [1.807, 2.05) is 60.7 Å². The van der Waals surface area contributed by atoms with Crippen LogP contribution in [-0.4, -0.2) is 73.6 Å². The number of para-hydroxylation sites is 5. The maximum atomic E-state index is 14.5. The fourth-order valence-electron chi connectivity index (χ4n) is 5.73. The number of methoxy groups -OCH3 is 1. The molecule has 4 aromatic carbocycles. The number of fused-ring (bicyclic) bond motifs is 2. The number of hydrogen-bond donors (Lipinski definition) is 0. The summed E-state index contributed by atoms with van der Waals surface area (Å²) in [6, 6.07) is 30.6. The normalized spacial score (nSPS) is 16.0. The summed E-state index contributed by atoms with van der Waals surface area (Å²) in [7, 11) is 2.93. The Morgan fingerprint density at radius 1 is 0.727 bits per heavy atom. The number of benzene rings is 4. The van der Waals surface area contributed by atoms with Crippen LogP contribution in [0.25, 0.3) is 0 Å². The van der Waals surface area contributed by atoms with E-state index < -0.39 is 18.0 Å². The number of amides is 5. The second-order valence-corrected chi connectivity index (χ2v) is 10.5. The minimum absolute atomic E-state index is 0.0619. The van der Waals surface area contributed by atoms with E-state index in [1.165, 1.54) is 21.8 Å². The zero-order valence-electron chi connectivity index (χ0n) is 24.4. The van der Waals surface area contributed by atoms with E-state index in [0.29, 0.717) is 34.0 Å². The number of rotatable bonds is 3. The van der Waals surface area contributed by atoms with Crippen molar-refractivity contribution >= 4 is 52.4 Å². The molecule has 1 atom stereocenters. The molecule has 222 valence electrons. The van der Waals surface area contributed by atoms with Gasteiger partial charge >= 0.3 is 18.0 Å². The van der Waals surface area contributed by atoms with Crippen molar-refractivity contribution in [2.75, 3.05) is 48.5 Å². The average Bonchev–Trinajstić information content (AvgIpc) is 3.17. The summed E-state index contributed by atoms with van der Waals surface area (Å²) in [4.78, 5) is 62.9. The van der Waals surface area contributed by atoms with Crippen molar-refractivity contribution in [1.82, 2.24) is 9.80 Å². The largest absolute Gasteiger partial charge is 0.467 e. The standard InChI is InChI=1S/C34H31N5O5/c1-35-28-19-11-12-20-29(28)39(27-18-10-9-17-26(27)31(35)40)34(43)37-22-21-36(23-30(37)32(41)44-2)33(42)38(24-13-5-3-6-14-24)25-15-7-4-8-16-25/h3-20,30H,21-23H2,1-2H3/t30-/m0/s1. The van der Waals surface area contributed by atoms with Crippen LogP contribution >= 0.6 is 0 Å². The highest BCUT2D eigenvalue weighted by molar-refractivity contribution is 6.18. The van der Waals surface area contributed by atoms with E-state index in [-0.39, 0.29) is 31.6 Å². The van der Waals surface area contributed by atoms with Gasteiger partial charge in [0.15, 0.2) is 0 Å². The first-order valence-corrected chi connectivity index (χ1v) is 14.2. The van der Waals surface area contributed by atoms with Crippen molar-refractivity contribution < 1.29 is 23.9 Å². The number of carbonyl (C=O) groups excluding carboxylic acids is 4. The highest BCUT2D eigenvalue weighted by atomic mass is 16.5. The summed E-state index contributed by atoms with van der Waals surface area (Å²) in [6.45, 7) is 0.153. The van der Waals surface area contributed by atoms with E-state index in [0.717, 1.165) is 0 Å². The zero-order valence-corrected chi connectivity index (χ0v) is 24.4. The van der Waals surface area contributed by atoms with Gasteiger partial charge in [0.1, 0.15) is 6.04 Å². The van der Waals surface area contributed by atoms with Gasteiger partial charge in [-0.05, 0) is 48.5 Å². The molecule has 0 unspecified atom stereocenters. The lowest BCUT2D eigenvalue weighted by Crippen LogP contribution is -2.62. The van der Waals surface area contributed by atoms with Gasteiger partial charge in [-0.1, -0.05) is 60.7 Å². The third-order valence-electron chi connectivity index (χ3n) is 7.95. The molecule has 2 heterocycles. The van der Waals surface area contributed by atoms with Gasteiger partial charge in [-0.2, -0.15) is 0 Å². The lowest BCUT2D eigenvalue weighted by atomic mass is 10.1. The molecule has 0 aromatic heterocycles. The van der Waals surface area contributed by atoms with Crippen molar-refractivity contribution in [1.29, 1.82) is 0 Å². The molecule has 2 aliphatic heterocycles. The Morgan fingerprint density at radius 3 is 1.89 bits per heavy atom. The van der Waals surface area contributed by atoms with Crippen molar-refractivity contribution in [2.45, 2.75) is 6.04 Å². The highest BCUT2D eigenvalue weighted by Crippen LogP contribution is 2.41. The van der Waals surface area contributed by atoms with Crippen LogP contribution in [0.1, 0.15) is 10.4 Å². The number of urea groups is 2. The van der Waals surface area contributed by atoms with E-state index in [2.05, 4.69) is 0 Å². The average molecular weight is 590 g/mol. The topological polar surface area (TPSA) is 93.7 Å². The van der Waals surface area contributed by atoms with E-state index >= 15 is 0 Å². The Kier molecular flexibility index (Phi) is 7.72. The first-order valence-electron chi connectivity index (χ1n) is 14.2. The molecule has 0 radical (unpaired) electrons. The predicted molar refractivity (Wildman–Crippen MR) is 168 cm³/mol. The summed E-state index contributed by atoms with van der Waals surface area (Å²) in [5, 5.41) is 0. The van der Waals surface area contributed by atoms with Crippen molar-refractivity contribution in [3.05, 3.63) is 115 Å². The third-order valence-corrected chi connectivity index (χ3v) is 7.95. The number of anilines is 5. The van der Waals surface area contributed by atoms with E-state index in [1.54, 1.807) is 65.4 Å². The molecule has 44 heavy (non-hydrogen) atoms. The van der Waals surface area contributed by atoms with Gasteiger partial charge in [-0.3, -0.25) is 14.6 Å². The van der Waals surface area contributed by atoms with Gasteiger partial charge in [0.05, 0.1) is 47.7 Å². The lowest BCUT2D eigenvalue weighted by molar-refractivity contribution is -0.147. The molecule has 4 aromatic rings. The molecule has 1 fully saturated rings. The monoisotopic (exact) mass is 589 g/mol. The summed E-state index contributed by atoms with van der Waals surface area (Å²) < 4.78 is 5.15. The summed E-state index contributed by atoms with van der Waals surface area (Å²) in [5.74, 6) is -0.906. The molecule has 10 heteroatoms. The number of esters is 1. The van der Waals surface area contributed by atoms with Crippen LogP contribution in [0.4, 0.5) is 38.0 Å². The quantitative estimate of drug-likeness (QED) is 0.288. The molecule has 0 aliphatic carbocycles. The Hall–Kier alpha value is -5.64. The van der Waals surface area contributed by atoms with Crippen LogP contribution in [0.2, 0.25) is 0 Å². The molecule has 0 saturated carbocycles. The molecule has 6 rings (SSSR count).